The number of rotatable bonds is 6. The Morgan fingerprint density at radius 1 is 1.03 bits per heavy atom. The first kappa shape index (κ1) is 21.2. The highest BCUT2D eigenvalue weighted by Crippen LogP contribution is 2.26. The number of carbonyl (C=O) groups excluding carboxylic acids is 1. The molecule has 1 heterocycles. The van der Waals surface area contributed by atoms with Gasteiger partial charge < -0.3 is 14.4 Å². The lowest BCUT2D eigenvalue weighted by Crippen LogP contribution is -2.36. The molecule has 0 saturated carbocycles. The van der Waals surface area contributed by atoms with Gasteiger partial charge in [0.1, 0.15) is 5.75 Å². The van der Waals surface area contributed by atoms with E-state index in [4.69, 9.17) is 9.47 Å². The zero-order valence-electron chi connectivity index (χ0n) is 17.2. The maximum atomic E-state index is 12.4. The van der Waals surface area contributed by atoms with Crippen molar-refractivity contribution in [3.63, 3.8) is 0 Å². The van der Waals surface area contributed by atoms with E-state index in [0.29, 0.717) is 30.0 Å². The van der Waals surface area contributed by atoms with Crippen molar-refractivity contribution in [1.29, 1.82) is 0 Å². The molecule has 3 aromatic rings. The number of esters is 1. The van der Waals surface area contributed by atoms with Crippen LogP contribution in [0.2, 0.25) is 0 Å². The molecule has 0 N–H and O–H groups in total. The summed E-state index contributed by atoms with van der Waals surface area (Å²) in [6, 6.07) is 20.3. The van der Waals surface area contributed by atoms with Crippen molar-refractivity contribution in [2.75, 3.05) is 31.2 Å². The normalized spacial score (nSPS) is 13.8. The van der Waals surface area contributed by atoms with Crippen LogP contribution in [0, 0.1) is 10.1 Å². The van der Waals surface area contributed by atoms with Gasteiger partial charge in [-0.25, -0.2) is 4.79 Å². The number of nitro groups is 1. The molecular formula is C24H21N3O5. The molecule has 1 aliphatic rings. The molecule has 8 heteroatoms. The first-order chi connectivity index (χ1) is 15.6. The standard InChI is InChI=1S/C24H21N3O5/c28-24(18-4-2-1-3-5-18)32-23-11-10-22(27(29)30)16-19(23)17-25-20-6-8-21(9-7-20)26-12-14-31-15-13-26/h1-11,16-17H,12-15H2. The van der Waals surface area contributed by atoms with Crippen LogP contribution in [0.15, 0.2) is 77.8 Å². The zero-order chi connectivity index (χ0) is 22.3. The van der Waals surface area contributed by atoms with Crippen molar-refractivity contribution in [1.82, 2.24) is 0 Å². The number of non-ortho nitro benzene ring substituents is 1. The molecular weight excluding hydrogens is 410 g/mol. The van der Waals surface area contributed by atoms with E-state index >= 15 is 0 Å². The van der Waals surface area contributed by atoms with E-state index in [0.717, 1.165) is 18.8 Å². The number of benzene rings is 3. The highest BCUT2D eigenvalue weighted by atomic mass is 16.6. The van der Waals surface area contributed by atoms with Gasteiger partial charge in [0.2, 0.25) is 0 Å². The molecule has 32 heavy (non-hydrogen) atoms. The minimum absolute atomic E-state index is 0.117. The minimum Gasteiger partial charge on any atom is -0.422 e. The predicted octanol–water partition coefficient (Wildman–Crippen LogP) is 4.40. The summed E-state index contributed by atoms with van der Waals surface area (Å²) in [4.78, 5) is 29.8. The van der Waals surface area contributed by atoms with E-state index in [1.165, 1.54) is 24.4 Å². The molecule has 1 saturated heterocycles. The number of hydrogen-bond acceptors (Lipinski definition) is 7. The van der Waals surface area contributed by atoms with Crippen molar-refractivity contribution in [3.8, 4) is 5.75 Å². The molecule has 0 unspecified atom stereocenters. The van der Waals surface area contributed by atoms with Crippen molar-refractivity contribution in [2.24, 2.45) is 4.99 Å². The Morgan fingerprint density at radius 3 is 2.44 bits per heavy atom. The third-order valence-corrected chi connectivity index (χ3v) is 4.99. The molecule has 0 aromatic heterocycles. The Kier molecular flexibility index (Phi) is 6.52. The molecule has 0 aliphatic carbocycles. The van der Waals surface area contributed by atoms with Gasteiger partial charge in [-0.05, 0) is 42.5 Å². The SMILES string of the molecule is O=C(Oc1ccc([N+](=O)[O-])cc1C=Nc1ccc(N2CCOCC2)cc1)c1ccccc1. The van der Waals surface area contributed by atoms with Gasteiger partial charge in [0, 0.05) is 42.7 Å². The van der Waals surface area contributed by atoms with Crippen LogP contribution < -0.4 is 9.64 Å². The summed E-state index contributed by atoms with van der Waals surface area (Å²) in [5.74, 6) is -0.359. The number of aliphatic imine (C=N–C) groups is 1. The van der Waals surface area contributed by atoms with Gasteiger partial charge in [0.15, 0.2) is 0 Å². The molecule has 0 atom stereocenters. The molecule has 162 valence electrons. The molecule has 0 spiro atoms. The molecule has 0 amide bonds. The Labute approximate surface area is 184 Å². The summed E-state index contributed by atoms with van der Waals surface area (Å²) >= 11 is 0. The third kappa shape index (κ3) is 5.16. The van der Waals surface area contributed by atoms with Crippen molar-refractivity contribution >= 4 is 29.2 Å². The van der Waals surface area contributed by atoms with E-state index in [2.05, 4.69) is 9.89 Å². The van der Waals surface area contributed by atoms with Gasteiger partial charge in [0.05, 0.1) is 29.4 Å². The van der Waals surface area contributed by atoms with Crippen LogP contribution in [-0.2, 0) is 4.74 Å². The lowest BCUT2D eigenvalue weighted by molar-refractivity contribution is -0.384. The molecule has 1 fully saturated rings. The van der Waals surface area contributed by atoms with Gasteiger partial charge in [-0.3, -0.25) is 15.1 Å². The van der Waals surface area contributed by atoms with Crippen LogP contribution in [-0.4, -0.2) is 43.4 Å². The van der Waals surface area contributed by atoms with Crippen molar-refractivity contribution in [3.05, 3.63) is 94.0 Å². The first-order valence-electron chi connectivity index (χ1n) is 10.1. The lowest BCUT2D eigenvalue weighted by Gasteiger charge is -2.28. The average Bonchev–Trinajstić information content (AvgIpc) is 2.84. The van der Waals surface area contributed by atoms with Gasteiger partial charge in [-0.1, -0.05) is 18.2 Å². The summed E-state index contributed by atoms with van der Waals surface area (Å²) in [6.07, 6.45) is 1.46. The molecule has 8 nitrogen and oxygen atoms in total. The molecule has 3 aromatic carbocycles. The fourth-order valence-electron chi connectivity index (χ4n) is 3.29. The zero-order valence-corrected chi connectivity index (χ0v) is 17.2. The van der Waals surface area contributed by atoms with Crippen LogP contribution in [0.5, 0.6) is 5.75 Å². The monoisotopic (exact) mass is 431 g/mol. The summed E-state index contributed by atoms with van der Waals surface area (Å²) in [5, 5.41) is 11.2. The van der Waals surface area contributed by atoms with E-state index < -0.39 is 10.9 Å². The largest absolute Gasteiger partial charge is 0.422 e. The van der Waals surface area contributed by atoms with Gasteiger partial charge >= 0.3 is 5.97 Å². The smallest absolute Gasteiger partial charge is 0.343 e. The third-order valence-electron chi connectivity index (χ3n) is 4.99. The predicted molar refractivity (Wildman–Crippen MR) is 121 cm³/mol. The first-order valence-corrected chi connectivity index (χ1v) is 10.1. The molecule has 4 rings (SSSR count). The Morgan fingerprint density at radius 2 is 1.75 bits per heavy atom. The summed E-state index contributed by atoms with van der Waals surface area (Å²) in [6.45, 7) is 3.09. The maximum absolute atomic E-state index is 12.4. The minimum atomic E-state index is -0.552. The number of carbonyl (C=O) groups is 1. The number of anilines is 1. The van der Waals surface area contributed by atoms with Crippen LogP contribution in [0.3, 0.4) is 0 Å². The van der Waals surface area contributed by atoms with Gasteiger partial charge in [-0.15, -0.1) is 0 Å². The second-order valence-electron chi connectivity index (χ2n) is 7.11. The fourth-order valence-corrected chi connectivity index (χ4v) is 3.29. The van der Waals surface area contributed by atoms with E-state index in [-0.39, 0.29) is 11.4 Å². The number of nitro benzene ring substituents is 1. The number of nitrogens with zero attached hydrogens (tertiary/aromatic N) is 3. The summed E-state index contributed by atoms with van der Waals surface area (Å²) in [7, 11) is 0. The summed E-state index contributed by atoms with van der Waals surface area (Å²) in [5.41, 5.74) is 2.36. The number of morpholine rings is 1. The Balaban J connectivity index is 1.55. The highest BCUT2D eigenvalue weighted by molar-refractivity contribution is 5.93. The van der Waals surface area contributed by atoms with Crippen molar-refractivity contribution < 1.29 is 19.2 Å². The molecule has 0 bridgehead atoms. The Hall–Kier alpha value is -4.04. The van der Waals surface area contributed by atoms with Gasteiger partial charge in [-0.2, -0.15) is 0 Å². The maximum Gasteiger partial charge on any atom is 0.343 e. The number of hydrogen-bond donors (Lipinski definition) is 0. The number of ether oxygens (including phenoxy) is 2. The fraction of sp³-hybridized carbons (Fsp3) is 0.167. The van der Waals surface area contributed by atoms with Crippen LogP contribution in [0.4, 0.5) is 17.1 Å². The second-order valence-corrected chi connectivity index (χ2v) is 7.11. The van der Waals surface area contributed by atoms with E-state index in [1.54, 1.807) is 30.3 Å². The lowest BCUT2D eigenvalue weighted by atomic mass is 10.2. The van der Waals surface area contributed by atoms with E-state index in [1.807, 2.05) is 24.3 Å². The van der Waals surface area contributed by atoms with E-state index in [9.17, 15) is 14.9 Å². The second kappa shape index (κ2) is 9.84. The molecule has 1 aliphatic heterocycles. The quantitative estimate of drug-likeness (QED) is 0.189. The van der Waals surface area contributed by atoms with Crippen LogP contribution in [0.25, 0.3) is 0 Å². The average molecular weight is 431 g/mol. The van der Waals surface area contributed by atoms with Crippen LogP contribution >= 0.6 is 0 Å². The van der Waals surface area contributed by atoms with Crippen LogP contribution in [0.1, 0.15) is 15.9 Å². The highest BCUT2D eigenvalue weighted by Gasteiger charge is 2.15. The van der Waals surface area contributed by atoms with Gasteiger partial charge in [0.25, 0.3) is 5.69 Å². The topological polar surface area (TPSA) is 94.3 Å². The van der Waals surface area contributed by atoms with Crippen molar-refractivity contribution in [2.45, 2.75) is 0 Å². The molecule has 0 radical (unpaired) electrons. The Bertz CT molecular complexity index is 1120. The summed E-state index contributed by atoms with van der Waals surface area (Å²) < 4.78 is 10.9.